The number of nitrogens with zero attached hydrogens (tertiary/aromatic N) is 1. The van der Waals surface area contributed by atoms with E-state index in [1.165, 1.54) is 0 Å². The summed E-state index contributed by atoms with van der Waals surface area (Å²) in [4.78, 5) is 11.9. The molecule has 0 unspecified atom stereocenters. The standard InChI is InChI=1S/C22H16ClNO3/c1-2-26-22(25)17-5-3-4-16(12-17)21-11-10-20(27-21)13-18(14-24)15-6-8-19(23)9-7-15/h3-13H,2H2,1H3/b18-13-. The lowest BCUT2D eigenvalue weighted by Gasteiger charge is -2.03. The van der Waals surface area contributed by atoms with Gasteiger partial charge in [0, 0.05) is 10.6 Å². The van der Waals surface area contributed by atoms with Gasteiger partial charge in [0.15, 0.2) is 0 Å². The first-order valence-electron chi connectivity index (χ1n) is 8.36. The largest absolute Gasteiger partial charge is 0.462 e. The van der Waals surface area contributed by atoms with Crippen LogP contribution in [-0.4, -0.2) is 12.6 Å². The van der Waals surface area contributed by atoms with Crippen molar-refractivity contribution < 1.29 is 13.9 Å². The Balaban J connectivity index is 1.88. The van der Waals surface area contributed by atoms with Gasteiger partial charge in [-0.15, -0.1) is 0 Å². The minimum atomic E-state index is -0.375. The van der Waals surface area contributed by atoms with Crippen LogP contribution in [0.3, 0.4) is 0 Å². The fourth-order valence-corrected chi connectivity index (χ4v) is 2.68. The molecular formula is C22H16ClNO3. The summed E-state index contributed by atoms with van der Waals surface area (Å²) in [6.45, 7) is 2.08. The summed E-state index contributed by atoms with van der Waals surface area (Å²) in [5.41, 5.74) is 2.43. The highest BCUT2D eigenvalue weighted by Crippen LogP contribution is 2.26. The number of ether oxygens (including phenoxy) is 1. The molecule has 0 amide bonds. The molecule has 0 saturated heterocycles. The molecular weight excluding hydrogens is 362 g/mol. The molecule has 0 aliphatic heterocycles. The van der Waals surface area contributed by atoms with E-state index in [2.05, 4.69) is 6.07 Å². The second-order valence-corrected chi connectivity index (χ2v) is 6.12. The SMILES string of the molecule is CCOC(=O)c1cccc(-c2ccc(/C=C(/C#N)c3ccc(Cl)cc3)o2)c1. The zero-order valence-corrected chi connectivity index (χ0v) is 15.4. The van der Waals surface area contributed by atoms with E-state index in [1.54, 1.807) is 67.6 Å². The average molecular weight is 378 g/mol. The molecule has 1 aromatic heterocycles. The Kier molecular flexibility index (Phi) is 5.75. The monoisotopic (exact) mass is 377 g/mol. The van der Waals surface area contributed by atoms with Gasteiger partial charge in [-0.05, 0) is 55.0 Å². The molecule has 0 bridgehead atoms. The van der Waals surface area contributed by atoms with E-state index in [-0.39, 0.29) is 5.97 Å². The molecule has 4 nitrogen and oxygen atoms in total. The number of allylic oxidation sites excluding steroid dienone is 1. The van der Waals surface area contributed by atoms with Crippen molar-refractivity contribution in [3.05, 3.63) is 82.6 Å². The molecule has 134 valence electrons. The van der Waals surface area contributed by atoms with Crippen LogP contribution in [0.1, 0.15) is 28.6 Å². The number of hydrogen-bond donors (Lipinski definition) is 0. The van der Waals surface area contributed by atoms with Gasteiger partial charge in [-0.2, -0.15) is 5.26 Å². The summed E-state index contributed by atoms with van der Waals surface area (Å²) in [7, 11) is 0. The smallest absolute Gasteiger partial charge is 0.338 e. The number of carbonyl (C=O) groups is 1. The van der Waals surface area contributed by atoms with E-state index in [9.17, 15) is 10.1 Å². The zero-order valence-electron chi connectivity index (χ0n) is 14.6. The van der Waals surface area contributed by atoms with Crippen LogP contribution in [-0.2, 0) is 4.74 Å². The topological polar surface area (TPSA) is 63.2 Å². The van der Waals surface area contributed by atoms with E-state index in [0.29, 0.717) is 34.3 Å². The third kappa shape index (κ3) is 4.46. The number of esters is 1. The molecule has 0 spiro atoms. The molecule has 2 aromatic carbocycles. The van der Waals surface area contributed by atoms with Crippen molar-refractivity contribution in [1.29, 1.82) is 5.26 Å². The number of carbonyl (C=O) groups excluding carboxylic acids is 1. The first-order chi connectivity index (χ1) is 13.1. The van der Waals surface area contributed by atoms with Gasteiger partial charge in [0.05, 0.1) is 23.8 Å². The molecule has 3 aromatic rings. The van der Waals surface area contributed by atoms with E-state index in [4.69, 9.17) is 20.8 Å². The van der Waals surface area contributed by atoms with Gasteiger partial charge in [0.25, 0.3) is 0 Å². The normalized spacial score (nSPS) is 11.1. The number of hydrogen-bond acceptors (Lipinski definition) is 4. The van der Waals surface area contributed by atoms with Gasteiger partial charge >= 0.3 is 5.97 Å². The van der Waals surface area contributed by atoms with Crippen molar-refractivity contribution >= 4 is 29.2 Å². The average Bonchev–Trinajstić information content (AvgIpc) is 3.16. The Labute approximate surface area is 162 Å². The molecule has 0 saturated carbocycles. The Hall–Kier alpha value is -3.29. The number of halogens is 1. The molecule has 3 rings (SSSR count). The van der Waals surface area contributed by atoms with Crippen molar-refractivity contribution in [1.82, 2.24) is 0 Å². The summed E-state index contributed by atoms with van der Waals surface area (Å²) < 4.78 is 10.9. The third-order valence-corrected chi connectivity index (χ3v) is 4.10. The maximum absolute atomic E-state index is 11.9. The Bertz CT molecular complexity index is 1030. The molecule has 0 radical (unpaired) electrons. The highest BCUT2D eigenvalue weighted by Gasteiger charge is 2.10. The van der Waals surface area contributed by atoms with Gasteiger partial charge in [0.1, 0.15) is 11.5 Å². The third-order valence-electron chi connectivity index (χ3n) is 3.85. The van der Waals surface area contributed by atoms with Crippen LogP contribution in [0.25, 0.3) is 23.0 Å². The first-order valence-corrected chi connectivity index (χ1v) is 8.73. The van der Waals surface area contributed by atoms with Gasteiger partial charge in [-0.1, -0.05) is 35.9 Å². The highest BCUT2D eigenvalue weighted by atomic mass is 35.5. The molecule has 0 fully saturated rings. The minimum Gasteiger partial charge on any atom is -0.462 e. The second kappa shape index (κ2) is 8.39. The first kappa shape index (κ1) is 18.5. The molecule has 0 N–H and O–H groups in total. The Morgan fingerprint density at radius 2 is 1.93 bits per heavy atom. The van der Waals surface area contributed by atoms with Crippen molar-refractivity contribution in [2.24, 2.45) is 0 Å². The molecule has 0 aliphatic carbocycles. The van der Waals surface area contributed by atoms with Crippen LogP contribution in [0.15, 0.2) is 65.1 Å². The van der Waals surface area contributed by atoms with Gasteiger partial charge in [-0.3, -0.25) is 0 Å². The number of furan rings is 1. The summed E-state index contributed by atoms with van der Waals surface area (Å²) in [6, 6.07) is 19.8. The van der Waals surface area contributed by atoms with E-state index < -0.39 is 0 Å². The summed E-state index contributed by atoms with van der Waals surface area (Å²) >= 11 is 5.89. The van der Waals surface area contributed by atoms with Crippen LogP contribution in [0, 0.1) is 11.3 Å². The lowest BCUT2D eigenvalue weighted by Crippen LogP contribution is -2.04. The van der Waals surface area contributed by atoms with Crippen molar-refractivity contribution in [2.75, 3.05) is 6.61 Å². The molecule has 5 heteroatoms. The summed E-state index contributed by atoms with van der Waals surface area (Å²) in [5.74, 6) is 0.763. The lowest BCUT2D eigenvalue weighted by molar-refractivity contribution is 0.0526. The Morgan fingerprint density at radius 1 is 1.15 bits per heavy atom. The highest BCUT2D eigenvalue weighted by molar-refractivity contribution is 6.30. The van der Waals surface area contributed by atoms with Crippen LogP contribution in [0.5, 0.6) is 0 Å². The number of rotatable bonds is 5. The van der Waals surface area contributed by atoms with Crippen LogP contribution in [0.2, 0.25) is 5.02 Å². The van der Waals surface area contributed by atoms with Crippen molar-refractivity contribution in [3.63, 3.8) is 0 Å². The van der Waals surface area contributed by atoms with Crippen molar-refractivity contribution in [3.8, 4) is 17.4 Å². The molecule has 0 aliphatic rings. The predicted octanol–water partition coefficient (Wildman–Crippen LogP) is 5.84. The van der Waals surface area contributed by atoms with E-state index in [1.807, 2.05) is 6.07 Å². The molecule has 1 heterocycles. The van der Waals surface area contributed by atoms with Crippen LogP contribution < -0.4 is 0 Å². The minimum absolute atomic E-state index is 0.320. The van der Waals surface area contributed by atoms with Crippen LogP contribution in [0.4, 0.5) is 0 Å². The van der Waals surface area contributed by atoms with Gasteiger partial charge in [0.2, 0.25) is 0 Å². The summed E-state index contributed by atoms with van der Waals surface area (Å²) in [6.07, 6.45) is 1.67. The molecule has 0 atom stereocenters. The Morgan fingerprint density at radius 3 is 2.63 bits per heavy atom. The second-order valence-electron chi connectivity index (χ2n) is 5.68. The van der Waals surface area contributed by atoms with Gasteiger partial charge in [-0.25, -0.2) is 4.79 Å². The summed E-state index contributed by atoms with van der Waals surface area (Å²) in [5, 5.41) is 10.0. The number of benzene rings is 2. The predicted molar refractivity (Wildman–Crippen MR) is 105 cm³/mol. The fraction of sp³-hybridized carbons (Fsp3) is 0.0909. The van der Waals surface area contributed by atoms with E-state index >= 15 is 0 Å². The van der Waals surface area contributed by atoms with E-state index in [0.717, 1.165) is 11.1 Å². The maximum Gasteiger partial charge on any atom is 0.338 e. The van der Waals surface area contributed by atoms with Crippen LogP contribution >= 0.6 is 11.6 Å². The lowest BCUT2D eigenvalue weighted by atomic mass is 10.1. The quantitative estimate of drug-likeness (QED) is 0.414. The van der Waals surface area contributed by atoms with Crippen molar-refractivity contribution in [2.45, 2.75) is 6.92 Å². The fourth-order valence-electron chi connectivity index (χ4n) is 2.55. The molecule has 27 heavy (non-hydrogen) atoms. The zero-order chi connectivity index (χ0) is 19.2. The maximum atomic E-state index is 11.9. The van der Waals surface area contributed by atoms with Gasteiger partial charge < -0.3 is 9.15 Å². The number of nitriles is 1.